The fraction of sp³-hybridized carbons (Fsp3) is 0.857. The minimum Gasteiger partial charge on any atom is -0.462 e. The Balaban J connectivity index is 4.67. The average molecular weight is 258 g/mol. The maximum absolute atomic E-state index is 12.1. The summed E-state index contributed by atoms with van der Waals surface area (Å²) in [4.78, 5) is 22.6. The van der Waals surface area contributed by atoms with E-state index in [4.69, 9.17) is 9.47 Å². The predicted molar refractivity (Wildman–Crippen MR) is 70.0 cm³/mol. The van der Waals surface area contributed by atoms with Gasteiger partial charge in [0.25, 0.3) is 6.47 Å². The molecule has 0 aliphatic heterocycles. The first kappa shape index (κ1) is 16.9. The molecule has 0 aromatic rings. The predicted octanol–water partition coefficient (Wildman–Crippen LogP) is 2.94. The van der Waals surface area contributed by atoms with Crippen LogP contribution in [0.2, 0.25) is 0 Å². The van der Waals surface area contributed by atoms with Gasteiger partial charge in [0.1, 0.15) is 11.7 Å². The van der Waals surface area contributed by atoms with Gasteiger partial charge in [0.2, 0.25) is 0 Å². The quantitative estimate of drug-likeness (QED) is 0.496. The highest BCUT2D eigenvalue weighted by atomic mass is 16.6. The van der Waals surface area contributed by atoms with Gasteiger partial charge >= 0.3 is 5.97 Å². The molecule has 3 atom stereocenters. The van der Waals surface area contributed by atoms with Crippen molar-refractivity contribution in [2.24, 2.45) is 11.8 Å². The van der Waals surface area contributed by atoms with Gasteiger partial charge in [-0.2, -0.15) is 0 Å². The Hall–Kier alpha value is -1.06. The maximum atomic E-state index is 12.1. The number of carbonyl (C=O) groups is 2. The molecule has 18 heavy (non-hydrogen) atoms. The zero-order chi connectivity index (χ0) is 14.3. The molecular weight excluding hydrogens is 232 g/mol. The van der Waals surface area contributed by atoms with Crippen molar-refractivity contribution < 1.29 is 19.1 Å². The third kappa shape index (κ3) is 4.67. The van der Waals surface area contributed by atoms with Crippen molar-refractivity contribution in [1.82, 2.24) is 0 Å². The number of hydrogen-bond donors (Lipinski definition) is 0. The van der Waals surface area contributed by atoms with Crippen molar-refractivity contribution >= 4 is 12.4 Å². The highest BCUT2D eigenvalue weighted by Gasteiger charge is 2.37. The van der Waals surface area contributed by atoms with Crippen molar-refractivity contribution in [3.05, 3.63) is 0 Å². The van der Waals surface area contributed by atoms with Crippen LogP contribution >= 0.6 is 0 Å². The second kappa shape index (κ2) is 7.39. The molecule has 0 N–H and O–H groups in total. The molecule has 3 unspecified atom stereocenters. The zero-order valence-electron chi connectivity index (χ0n) is 12.4. The lowest BCUT2D eigenvalue weighted by molar-refractivity contribution is -0.169. The summed E-state index contributed by atoms with van der Waals surface area (Å²) >= 11 is 0. The first-order chi connectivity index (χ1) is 8.30. The maximum Gasteiger partial charge on any atom is 0.313 e. The van der Waals surface area contributed by atoms with E-state index in [0.717, 1.165) is 6.42 Å². The monoisotopic (exact) mass is 258 g/mol. The SMILES string of the molecule is CCC(C)C(C)OC(=O)C(CC)C(C)(C)OC=O. The van der Waals surface area contributed by atoms with Crippen molar-refractivity contribution in [1.29, 1.82) is 0 Å². The van der Waals surface area contributed by atoms with Crippen molar-refractivity contribution in [3.8, 4) is 0 Å². The highest BCUT2D eigenvalue weighted by Crippen LogP contribution is 2.26. The first-order valence-electron chi connectivity index (χ1n) is 6.62. The lowest BCUT2D eigenvalue weighted by Gasteiger charge is -2.31. The van der Waals surface area contributed by atoms with Gasteiger partial charge in [0, 0.05) is 0 Å². The molecule has 0 spiro atoms. The Bertz CT molecular complexity index is 273. The highest BCUT2D eigenvalue weighted by molar-refractivity contribution is 5.74. The summed E-state index contributed by atoms with van der Waals surface area (Å²) < 4.78 is 10.4. The van der Waals surface area contributed by atoms with Gasteiger partial charge in [-0.05, 0) is 33.1 Å². The standard InChI is InChI=1S/C14H26O4/c1-7-10(3)11(4)18-13(16)12(8-2)14(5,6)17-9-15/h9-12H,7-8H2,1-6H3. The Morgan fingerprint density at radius 3 is 2.17 bits per heavy atom. The summed E-state index contributed by atoms with van der Waals surface area (Å²) in [5.41, 5.74) is -0.831. The molecule has 0 saturated carbocycles. The van der Waals surface area contributed by atoms with Crippen LogP contribution in [0.5, 0.6) is 0 Å². The summed E-state index contributed by atoms with van der Waals surface area (Å²) in [6.45, 7) is 11.7. The van der Waals surface area contributed by atoms with Crippen LogP contribution in [-0.4, -0.2) is 24.1 Å². The van der Waals surface area contributed by atoms with Crippen LogP contribution in [0.4, 0.5) is 0 Å². The molecule has 106 valence electrons. The molecule has 4 nitrogen and oxygen atoms in total. The van der Waals surface area contributed by atoms with Crippen LogP contribution in [0.1, 0.15) is 54.4 Å². The van der Waals surface area contributed by atoms with Gasteiger partial charge in [0.15, 0.2) is 0 Å². The Kier molecular flexibility index (Phi) is 6.96. The van der Waals surface area contributed by atoms with E-state index in [1.807, 2.05) is 20.8 Å². The summed E-state index contributed by atoms with van der Waals surface area (Å²) in [6, 6.07) is 0. The van der Waals surface area contributed by atoms with Gasteiger partial charge < -0.3 is 9.47 Å². The summed E-state index contributed by atoms with van der Waals surface area (Å²) in [7, 11) is 0. The number of rotatable bonds is 8. The third-order valence-corrected chi connectivity index (χ3v) is 3.63. The number of ether oxygens (including phenoxy) is 2. The minimum atomic E-state index is -0.831. The molecule has 0 aromatic carbocycles. The van der Waals surface area contributed by atoms with Crippen LogP contribution in [0.25, 0.3) is 0 Å². The lowest BCUT2D eigenvalue weighted by atomic mass is 9.88. The molecule has 0 heterocycles. The van der Waals surface area contributed by atoms with E-state index >= 15 is 0 Å². The van der Waals surface area contributed by atoms with Crippen molar-refractivity contribution in [2.75, 3.05) is 0 Å². The summed E-state index contributed by atoms with van der Waals surface area (Å²) in [5.74, 6) is -0.409. The third-order valence-electron chi connectivity index (χ3n) is 3.63. The van der Waals surface area contributed by atoms with E-state index < -0.39 is 11.5 Å². The Morgan fingerprint density at radius 1 is 1.22 bits per heavy atom. The topological polar surface area (TPSA) is 52.6 Å². The van der Waals surface area contributed by atoms with Gasteiger partial charge in [-0.15, -0.1) is 0 Å². The molecule has 4 heteroatoms. The smallest absolute Gasteiger partial charge is 0.313 e. The van der Waals surface area contributed by atoms with E-state index in [2.05, 4.69) is 6.92 Å². The average Bonchev–Trinajstić information content (AvgIpc) is 2.27. The molecular formula is C14H26O4. The Labute approximate surface area is 110 Å². The first-order valence-corrected chi connectivity index (χ1v) is 6.62. The minimum absolute atomic E-state index is 0.122. The van der Waals surface area contributed by atoms with Crippen molar-refractivity contribution in [2.45, 2.75) is 66.1 Å². The molecule has 0 saturated heterocycles. The molecule has 0 bridgehead atoms. The number of hydrogen-bond acceptors (Lipinski definition) is 4. The second-order valence-electron chi connectivity index (χ2n) is 5.31. The van der Waals surface area contributed by atoms with Crippen molar-refractivity contribution in [3.63, 3.8) is 0 Å². The van der Waals surface area contributed by atoms with E-state index in [1.54, 1.807) is 13.8 Å². The number of carbonyl (C=O) groups excluding carboxylic acids is 2. The largest absolute Gasteiger partial charge is 0.462 e. The molecule has 0 rings (SSSR count). The van der Waals surface area contributed by atoms with E-state index in [9.17, 15) is 9.59 Å². The Morgan fingerprint density at radius 2 is 1.78 bits per heavy atom. The van der Waals surface area contributed by atoms with Crippen LogP contribution < -0.4 is 0 Å². The van der Waals surface area contributed by atoms with Crippen LogP contribution in [0.3, 0.4) is 0 Å². The molecule has 0 aromatic heterocycles. The van der Waals surface area contributed by atoms with E-state index in [0.29, 0.717) is 18.8 Å². The van der Waals surface area contributed by atoms with Crippen LogP contribution in [0, 0.1) is 11.8 Å². The van der Waals surface area contributed by atoms with Gasteiger partial charge in [-0.3, -0.25) is 9.59 Å². The van der Waals surface area contributed by atoms with Crippen LogP contribution in [0.15, 0.2) is 0 Å². The summed E-state index contributed by atoms with van der Waals surface area (Å²) in [5, 5.41) is 0. The van der Waals surface area contributed by atoms with Gasteiger partial charge in [0.05, 0.1) is 5.92 Å². The fourth-order valence-corrected chi connectivity index (χ4v) is 1.86. The fourth-order valence-electron chi connectivity index (χ4n) is 1.86. The lowest BCUT2D eigenvalue weighted by Crippen LogP contribution is -2.41. The molecule has 0 amide bonds. The number of esters is 1. The summed E-state index contributed by atoms with van der Waals surface area (Å²) in [6.07, 6.45) is 1.41. The van der Waals surface area contributed by atoms with Gasteiger partial charge in [-0.25, -0.2) is 0 Å². The van der Waals surface area contributed by atoms with E-state index in [-0.39, 0.29) is 12.1 Å². The molecule has 0 aliphatic carbocycles. The molecule has 0 radical (unpaired) electrons. The second-order valence-corrected chi connectivity index (χ2v) is 5.31. The van der Waals surface area contributed by atoms with E-state index in [1.165, 1.54) is 0 Å². The van der Waals surface area contributed by atoms with Crippen LogP contribution in [-0.2, 0) is 19.1 Å². The molecule has 0 aliphatic rings. The van der Waals surface area contributed by atoms with Gasteiger partial charge in [-0.1, -0.05) is 27.2 Å². The molecule has 0 fully saturated rings. The normalized spacial score (nSPS) is 16.6. The zero-order valence-corrected chi connectivity index (χ0v) is 12.4.